The van der Waals surface area contributed by atoms with Crippen molar-refractivity contribution in [2.45, 2.75) is 56.7 Å². The zero-order valence-corrected chi connectivity index (χ0v) is 18.1. The number of aromatic nitrogens is 4. The van der Waals surface area contributed by atoms with Crippen LogP contribution >= 0.6 is 0 Å². The van der Waals surface area contributed by atoms with E-state index in [0.717, 1.165) is 0 Å². The van der Waals surface area contributed by atoms with E-state index in [1.165, 1.54) is 6.20 Å². The summed E-state index contributed by atoms with van der Waals surface area (Å²) >= 11 is 0. The Hall–Kier alpha value is -3.41. The third-order valence-corrected chi connectivity index (χ3v) is 6.59. The predicted octanol–water partition coefficient (Wildman–Crippen LogP) is 3.14. The van der Waals surface area contributed by atoms with Gasteiger partial charge in [0, 0.05) is 30.1 Å². The molecule has 2 aromatic heterocycles. The molecule has 2 aliphatic rings. The summed E-state index contributed by atoms with van der Waals surface area (Å²) < 4.78 is 43.9. The number of imidazole rings is 1. The second-order valence-electron chi connectivity index (χ2n) is 8.95. The molecular weight excluding hydrogens is 451 g/mol. The highest BCUT2D eigenvalue weighted by molar-refractivity contribution is 5.78. The van der Waals surface area contributed by atoms with Crippen LogP contribution in [0.3, 0.4) is 0 Å². The summed E-state index contributed by atoms with van der Waals surface area (Å²) in [6.45, 7) is 0. The highest BCUT2D eigenvalue weighted by Gasteiger charge is 2.31. The zero-order valence-electron chi connectivity index (χ0n) is 18.1. The van der Waals surface area contributed by atoms with E-state index < -0.39 is 23.1 Å². The summed E-state index contributed by atoms with van der Waals surface area (Å²) in [5, 5.41) is 15.4. The first-order chi connectivity index (χ1) is 16.3. The summed E-state index contributed by atoms with van der Waals surface area (Å²) in [6, 6.07) is 1.06. The van der Waals surface area contributed by atoms with E-state index >= 15 is 0 Å². The molecule has 1 aromatic carbocycles. The van der Waals surface area contributed by atoms with Crippen LogP contribution in [0.4, 0.5) is 30.8 Å². The molecule has 0 bridgehead atoms. The van der Waals surface area contributed by atoms with Gasteiger partial charge in [-0.25, -0.2) is 23.1 Å². The van der Waals surface area contributed by atoms with E-state index in [-0.39, 0.29) is 36.0 Å². The molecule has 0 unspecified atom stereocenters. The van der Waals surface area contributed by atoms with Crippen molar-refractivity contribution in [3.63, 3.8) is 0 Å². The lowest BCUT2D eigenvalue weighted by atomic mass is 9.85. The number of hydrogen-bond acceptors (Lipinski definition) is 7. The fourth-order valence-corrected chi connectivity index (χ4v) is 4.67. The van der Waals surface area contributed by atoms with Gasteiger partial charge in [0.05, 0.1) is 12.3 Å². The molecule has 1 amide bonds. The maximum absolute atomic E-state index is 14.4. The number of carbonyl (C=O) groups excluding carboxylic acids is 1. The molecule has 2 saturated carbocycles. The molecule has 5 N–H and O–H groups in total. The zero-order chi connectivity index (χ0) is 24.0. The Labute approximate surface area is 192 Å². The molecule has 0 spiro atoms. The number of aliphatic hydroxyl groups is 1. The second kappa shape index (κ2) is 8.75. The quantitative estimate of drug-likeness (QED) is 0.431. The van der Waals surface area contributed by atoms with Crippen molar-refractivity contribution in [1.82, 2.24) is 19.5 Å². The number of primary amides is 1. The Morgan fingerprint density at radius 3 is 2.38 bits per heavy atom. The van der Waals surface area contributed by atoms with E-state index in [2.05, 4.69) is 25.6 Å². The van der Waals surface area contributed by atoms with Crippen LogP contribution in [0.15, 0.2) is 18.3 Å². The Bertz CT molecular complexity index is 1210. The maximum Gasteiger partial charge on any atom is 0.224 e. The minimum absolute atomic E-state index is 0.0508. The predicted molar refractivity (Wildman–Crippen MR) is 118 cm³/mol. The van der Waals surface area contributed by atoms with Gasteiger partial charge < -0.3 is 21.5 Å². The number of rotatable bonds is 6. The number of nitrogens with zero attached hydrogens (tertiary/aromatic N) is 4. The van der Waals surface area contributed by atoms with Crippen molar-refractivity contribution in [3.8, 4) is 0 Å². The first-order valence-corrected chi connectivity index (χ1v) is 11.2. The SMILES string of the molecule is NC(=O)[C@H]1CC[C@H](n2c(Nc3c(F)cc(F)cc3F)nc3cnc(N[C@H]4C[C@H](O)C4)nc32)CC1. The van der Waals surface area contributed by atoms with Gasteiger partial charge in [-0.1, -0.05) is 0 Å². The van der Waals surface area contributed by atoms with Crippen LogP contribution in [-0.2, 0) is 4.79 Å². The Morgan fingerprint density at radius 1 is 1.09 bits per heavy atom. The molecule has 180 valence electrons. The third-order valence-electron chi connectivity index (χ3n) is 6.59. The van der Waals surface area contributed by atoms with Crippen molar-refractivity contribution < 1.29 is 23.1 Å². The molecule has 0 atom stereocenters. The van der Waals surface area contributed by atoms with Crippen molar-refractivity contribution in [3.05, 3.63) is 35.8 Å². The largest absolute Gasteiger partial charge is 0.393 e. The smallest absolute Gasteiger partial charge is 0.224 e. The van der Waals surface area contributed by atoms with Crippen molar-refractivity contribution >= 4 is 34.7 Å². The molecule has 0 aliphatic heterocycles. The molecule has 12 heteroatoms. The van der Waals surface area contributed by atoms with Crippen molar-refractivity contribution in [2.24, 2.45) is 11.7 Å². The average molecular weight is 475 g/mol. The standard InChI is InChI=1S/C22H24F3N7O2/c23-11-5-15(24)18(16(25)6-11)30-22-29-17-9-27-21(28-12-7-14(33)8-12)31-20(17)32(22)13-3-1-10(2-4-13)19(26)34/h5-6,9-10,12-14,33H,1-4,7-8H2,(H2,26,34)(H,29,30)(H,27,28,31)/t10-,12-,13-,14-. The average Bonchev–Trinajstić information content (AvgIpc) is 3.12. The van der Waals surface area contributed by atoms with Crippen LogP contribution in [0.5, 0.6) is 0 Å². The summed E-state index contributed by atoms with van der Waals surface area (Å²) in [6.07, 6.45) is 4.65. The summed E-state index contributed by atoms with van der Waals surface area (Å²) in [4.78, 5) is 24.9. The highest BCUT2D eigenvalue weighted by atomic mass is 19.1. The molecule has 34 heavy (non-hydrogen) atoms. The lowest BCUT2D eigenvalue weighted by Gasteiger charge is -2.32. The number of nitrogens with two attached hydrogens (primary N) is 1. The van der Waals surface area contributed by atoms with E-state index in [9.17, 15) is 23.1 Å². The number of fused-ring (bicyclic) bond motifs is 1. The van der Waals surface area contributed by atoms with E-state index in [1.54, 1.807) is 4.57 Å². The van der Waals surface area contributed by atoms with Gasteiger partial charge in [0.1, 0.15) is 17.0 Å². The first kappa shape index (κ1) is 22.4. The Balaban J connectivity index is 1.52. The van der Waals surface area contributed by atoms with E-state index in [0.29, 0.717) is 67.8 Å². The maximum atomic E-state index is 14.4. The van der Waals surface area contributed by atoms with Crippen LogP contribution in [0.1, 0.15) is 44.6 Å². The minimum Gasteiger partial charge on any atom is -0.393 e. The van der Waals surface area contributed by atoms with Crippen LogP contribution in [0.25, 0.3) is 11.2 Å². The molecule has 0 saturated heterocycles. The van der Waals surface area contributed by atoms with Gasteiger partial charge in [0.2, 0.25) is 17.8 Å². The molecular formula is C22H24F3N7O2. The molecule has 0 radical (unpaired) electrons. The Morgan fingerprint density at radius 2 is 1.76 bits per heavy atom. The minimum atomic E-state index is -1.09. The Kier molecular flexibility index (Phi) is 5.76. The van der Waals surface area contributed by atoms with Crippen LogP contribution in [0, 0.1) is 23.4 Å². The number of halogens is 3. The first-order valence-electron chi connectivity index (χ1n) is 11.2. The monoisotopic (exact) mass is 475 g/mol. The van der Waals surface area contributed by atoms with Crippen LogP contribution in [-0.4, -0.2) is 42.7 Å². The summed E-state index contributed by atoms with van der Waals surface area (Å²) in [7, 11) is 0. The molecule has 2 aliphatic carbocycles. The van der Waals surface area contributed by atoms with E-state index in [1.807, 2.05) is 0 Å². The fourth-order valence-electron chi connectivity index (χ4n) is 4.67. The van der Waals surface area contributed by atoms with E-state index in [4.69, 9.17) is 5.73 Å². The number of hydrogen-bond donors (Lipinski definition) is 4. The molecule has 2 fully saturated rings. The van der Waals surface area contributed by atoms with Gasteiger partial charge >= 0.3 is 0 Å². The number of benzene rings is 1. The number of anilines is 3. The number of carbonyl (C=O) groups is 1. The number of amides is 1. The second-order valence-corrected chi connectivity index (χ2v) is 8.95. The van der Waals surface area contributed by atoms with Crippen molar-refractivity contribution in [2.75, 3.05) is 10.6 Å². The molecule has 3 aromatic rings. The van der Waals surface area contributed by atoms with Gasteiger partial charge in [0.15, 0.2) is 17.3 Å². The third kappa shape index (κ3) is 4.25. The number of nitrogens with one attached hydrogen (secondary N) is 2. The van der Waals surface area contributed by atoms with Crippen LogP contribution < -0.4 is 16.4 Å². The van der Waals surface area contributed by atoms with Crippen LogP contribution in [0.2, 0.25) is 0 Å². The van der Waals surface area contributed by atoms with Crippen molar-refractivity contribution in [1.29, 1.82) is 0 Å². The molecule has 9 nitrogen and oxygen atoms in total. The highest BCUT2D eigenvalue weighted by Crippen LogP contribution is 2.37. The summed E-state index contributed by atoms with van der Waals surface area (Å²) in [5.41, 5.74) is 5.79. The normalized spacial score (nSPS) is 24.6. The van der Waals surface area contributed by atoms with Gasteiger partial charge in [-0.2, -0.15) is 4.98 Å². The topological polar surface area (TPSA) is 131 Å². The lowest BCUT2D eigenvalue weighted by Crippen LogP contribution is -2.39. The molecule has 2 heterocycles. The number of aliphatic hydroxyl groups excluding tert-OH is 1. The fraction of sp³-hybridized carbons (Fsp3) is 0.455. The van der Waals surface area contributed by atoms with Gasteiger partial charge in [-0.15, -0.1) is 0 Å². The van der Waals surface area contributed by atoms with Gasteiger partial charge in [-0.3, -0.25) is 9.36 Å². The summed E-state index contributed by atoms with van der Waals surface area (Å²) in [5.74, 6) is -3.31. The molecule has 5 rings (SSSR count). The van der Waals surface area contributed by atoms with Gasteiger partial charge in [-0.05, 0) is 38.5 Å². The van der Waals surface area contributed by atoms with Gasteiger partial charge in [0.25, 0.3) is 0 Å². The lowest BCUT2D eigenvalue weighted by molar-refractivity contribution is -0.122.